The highest BCUT2D eigenvalue weighted by atomic mass is 35.5. The highest BCUT2D eigenvalue weighted by Gasteiger charge is 2.40. The lowest BCUT2D eigenvalue weighted by atomic mass is 9.80. The van der Waals surface area contributed by atoms with Gasteiger partial charge in [0.15, 0.2) is 0 Å². The molecule has 5 N–H and O–H groups in total. The van der Waals surface area contributed by atoms with E-state index in [-0.39, 0.29) is 35.5 Å². The fourth-order valence-electron chi connectivity index (χ4n) is 3.58. The molecule has 0 aliphatic carbocycles. The van der Waals surface area contributed by atoms with E-state index < -0.39 is 29.8 Å². The van der Waals surface area contributed by atoms with Crippen LogP contribution in [0.1, 0.15) is 32.3 Å². The SMILES string of the molecule is COC(=O)C1=C(C)NC(COCCOCCN)=C(C(=O)OC(C)C)[C@@H]1c1cccc(Cl)c1Cl.O=C(O)C=CC(=O)O. The highest BCUT2D eigenvalue weighted by molar-refractivity contribution is 6.42. The van der Waals surface area contributed by atoms with Crippen molar-refractivity contribution in [2.24, 2.45) is 5.73 Å². The van der Waals surface area contributed by atoms with E-state index in [0.29, 0.717) is 53.9 Å². The first-order valence-corrected chi connectivity index (χ1v) is 13.0. The zero-order valence-electron chi connectivity index (χ0n) is 23.1. The number of rotatable bonds is 13. The van der Waals surface area contributed by atoms with Crippen LogP contribution in [0.5, 0.6) is 0 Å². The Morgan fingerprint density at radius 1 is 1.00 bits per heavy atom. The number of methoxy groups -OCH3 is 1. The van der Waals surface area contributed by atoms with E-state index in [1.165, 1.54) is 7.11 Å². The molecule has 0 bridgehead atoms. The molecule has 14 heteroatoms. The van der Waals surface area contributed by atoms with Gasteiger partial charge in [-0.1, -0.05) is 35.3 Å². The van der Waals surface area contributed by atoms with Gasteiger partial charge < -0.3 is 40.2 Å². The number of hydrogen-bond donors (Lipinski definition) is 4. The third-order valence-electron chi connectivity index (χ3n) is 5.15. The maximum absolute atomic E-state index is 13.3. The van der Waals surface area contributed by atoms with Gasteiger partial charge in [-0.3, -0.25) is 0 Å². The van der Waals surface area contributed by atoms with Gasteiger partial charge in [-0.2, -0.15) is 0 Å². The van der Waals surface area contributed by atoms with Crippen molar-refractivity contribution in [2.75, 3.05) is 40.1 Å². The number of allylic oxidation sites excluding steroid dienone is 1. The third-order valence-corrected chi connectivity index (χ3v) is 5.99. The predicted octanol–water partition coefficient (Wildman–Crippen LogP) is 3.04. The Balaban J connectivity index is 0.000000915. The number of hydrogen-bond acceptors (Lipinski definition) is 10. The Morgan fingerprint density at radius 2 is 1.61 bits per heavy atom. The maximum Gasteiger partial charge on any atom is 0.337 e. The van der Waals surface area contributed by atoms with Gasteiger partial charge in [0.25, 0.3) is 0 Å². The summed E-state index contributed by atoms with van der Waals surface area (Å²) >= 11 is 12.8. The third kappa shape index (κ3) is 11.5. The standard InChI is InChI=1S/C23H30Cl2N2O6.C4H4O4/c1-13(2)33-23(29)20-17(12-32-11-10-31-9-8-26)27-14(3)18(22(28)30-4)19(20)15-6-5-7-16(24)21(15)25;5-3(6)1-2-4(7)8/h5-7,13,19,27H,8-12,26H2,1-4H3;1-2H,(H,5,6)(H,7,8)/t19-;/m1./s1. The molecule has 1 aromatic rings. The Kier molecular flexibility index (Phi) is 15.7. The molecule has 0 aromatic heterocycles. The molecular formula is C27H34Cl2N2O10. The lowest BCUT2D eigenvalue weighted by Gasteiger charge is -2.32. The van der Waals surface area contributed by atoms with Crippen LogP contribution in [0.15, 0.2) is 52.9 Å². The number of esters is 2. The molecule has 1 aliphatic heterocycles. The number of carboxylic acids is 2. The van der Waals surface area contributed by atoms with Gasteiger partial charge in [-0.05, 0) is 32.4 Å². The van der Waals surface area contributed by atoms with Crippen molar-refractivity contribution in [3.8, 4) is 0 Å². The first-order valence-electron chi connectivity index (χ1n) is 12.3. The van der Waals surface area contributed by atoms with E-state index >= 15 is 0 Å². The van der Waals surface area contributed by atoms with Crippen molar-refractivity contribution in [3.63, 3.8) is 0 Å². The van der Waals surface area contributed by atoms with E-state index in [2.05, 4.69) is 5.32 Å². The molecule has 0 amide bonds. The van der Waals surface area contributed by atoms with Crippen molar-refractivity contribution in [3.05, 3.63) is 68.5 Å². The minimum absolute atomic E-state index is 0.0506. The summed E-state index contributed by atoms with van der Waals surface area (Å²) in [6, 6.07) is 5.04. The van der Waals surface area contributed by atoms with Crippen LogP contribution in [0, 0.1) is 0 Å². The van der Waals surface area contributed by atoms with Gasteiger partial charge in [0.1, 0.15) is 0 Å². The molecule has 12 nitrogen and oxygen atoms in total. The molecule has 1 aromatic carbocycles. The second-order valence-electron chi connectivity index (χ2n) is 8.54. The van der Waals surface area contributed by atoms with Gasteiger partial charge in [-0.15, -0.1) is 0 Å². The Bertz CT molecular complexity index is 1180. The fraction of sp³-hybridized carbons (Fsp3) is 0.407. The molecule has 0 saturated heterocycles. The summed E-state index contributed by atoms with van der Waals surface area (Å²) in [5, 5.41) is 19.3. The van der Waals surface area contributed by atoms with E-state index in [9.17, 15) is 19.2 Å². The molecule has 0 fully saturated rings. The van der Waals surface area contributed by atoms with Gasteiger partial charge in [0, 0.05) is 24.4 Å². The molecule has 1 heterocycles. The lowest BCUT2D eigenvalue weighted by Crippen LogP contribution is -2.35. The molecule has 2 rings (SSSR count). The summed E-state index contributed by atoms with van der Waals surface area (Å²) in [4.78, 5) is 45.2. The van der Waals surface area contributed by atoms with Crippen molar-refractivity contribution >= 4 is 47.1 Å². The van der Waals surface area contributed by atoms with Gasteiger partial charge >= 0.3 is 23.9 Å². The monoisotopic (exact) mass is 616 g/mol. The van der Waals surface area contributed by atoms with Crippen molar-refractivity contribution < 1.29 is 48.3 Å². The second kappa shape index (κ2) is 18.1. The predicted molar refractivity (Wildman–Crippen MR) is 150 cm³/mol. The highest BCUT2D eigenvalue weighted by Crippen LogP contribution is 2.43. The number of dihydropyridines is 1. The topological polar surface area (TPSA) is 184 Å². The van der Waals surface area contributed by atoms with Crippen LogP contribution in [0.25, 0.3) is 0 Å². The number of aliphatic carboxylic acids is 2. The summed E-state index contributed by atoms with van der Waals surface area (Å²) in [5.41, 5.74) is 7.26. The first-order chi connectivity index (χ1) is 19.3. The summed E-state index contributed by atoms with van der Waals surface area (Å²) in [6.07, 6.45) is 0.728. The Labute approximate surface area is 247 Å². The molecule has 0 saturated carbocycles. The van der Waals surface area contributed by atoms with Crippen LogP contribution in [0.3, 0.4) is 0 Å². The molecule has 0 radical (unpaired) electrons. The van der Waals surface area contributed by atoms with E-state index in [1.54, 1.807) is 39.0 Å². The number of carbonyl (C=O) groups excluding carboxylic acids is 2. The van der Waals surface area contributed by atoms with E-state index in [4.69, 9.17) is 58.1 Å². The molecule has 1 atom stereocenters. The summed E-state index contributed by atoms with van der Waals surface area (Å²) in [7, 11) is 1.27. The smallest absolute Gasteiger partial charge is 0.337 e. The van der Waals surface area contributed by atoms with Gasteiger partial charge in [0.2, 0.25) is 0 Å². The number of ether oxygens (including phenoxy) is 4. The molecule has 226 valence electrons. The minimum Gasteiger partial charge on any atom is -0.478 e. The van der Waals surface area contributed by atoms with E-state index in [0.717, 1.165) is 0 Å². The van der Waals surface area contributed by atoms with E-state index in [1.807, 2.05) is 0 Å². The average molecular weight is 617 g/mol. The number of nitrogens with two attached hydrogens (primary N) is 1. The number of nitrogens with one attached hydrogen (secondary N) is 1. The molecule has 0 spiro atoms. The van der Waals surface area contributed by atoms with Crippen molar-refractivity contribution in [2.45, 2.75) is 32.8 Å². The summed E-state index contributed by atoms with van der Waals surface area (Å²) < 4.78 is 21.6. The van der Waals surface area contributed by atoms with Gasteiger partial charge in [0.05, 0.1) is 72.4 Å². The minimum atomic E-state index is -1.26. The molecule has 1 aliphatic rings. The lowest BCUT2D eigenvalue weighted by molar-refractivity contribution is -0.143. The van der Waals surface area contributed by atoms with Crippen LogP contribution in [-0.4, -0.2) is 80.3 Å². The molecular weight excluding hydrogens is 583 g/mol. The first kappa shape index (κ1) is 35.6. The van der Waals surface area contributed by atoms with Crippen molar-refractivity contribution in [1.82, 2.24) is 5.32 Å². The zero-order chi connectivity index (χ0) is 31.1. The van der Waals surface area contributed by atoms with Crippen LogP contribution in [0.2, 0.25) is 10.0 Å². The van der Waals surface area contributed by atoms with Crippen molar-refractivity contribution in [1.29, 1.82) is 0 Å². The normalized spacial score (nSPS) is 14.9. The number of carboxylic acid groups (broad SMARTS) is 2. The largest absolute Gasteiger partial charge is 0.478 e. The summed E-state index contributed by atoms with van der Waals surface area (Å²) in [6.45, 7) is 6.72. The zero-order valence-corrected chi connectivity index (χ0v) is 24.6. The van der Waals surface area contributed by atoms with Crippen LogP contribution >= 0.6 is 23.2 Å². The Morgan fingerprint density at radius 3 is 2.15 bits per heavy atom. The number of halogens is 2. The van der Waals surface area contributed by atoms with Crippen LogP contribution in [0.4, 0.5) is 0 Å². The van der Waals surface area contributed by atoms with Gasteiger partial charge in [-0.25, -0.2) is 19.2 Å². The van der Waals surface area contributed by atoms with Crippen LogP contribution < -0.4 is 11.1 Å². The Hall–Kier alpha value is -3.42. The maximum atomic E-state index is 13.3. The second-order valence-corrected chi connectivity index (χ2v) is 9.33. The number of benzene rings is 1. The molecule has 0 unspecified atom stereocenters. The average Bonchev–Trinajstić information content (AvgIpc) is 2.90. The fourth-order valence-corrected chi connectivity index (χ4v) is 4.00. The molecule has 41 heavy (non-hydrogen) atoms. The summed E-state index contributed by atoms with van der Waals surface area (Å²) in [5.74, 6) is -4.60. The number of carbonyl (C=O) groups is 4. The van der Waals surface area contributed by atoms with Crippen LogP contribution in [-0.2, 0) is 38.1 Å². The quantitative estimate of drug-likeness (QED) is 0.144.